The minimum atomic E-state index is -3.79. The third-order valence-electron chi connectivity index (χ3n) is 4.94. The van der Waals surface area contributed by atoms with E-state index >= 15 is 0 Å². The number of nitrogens with one attached hydrogen (secondary N) is 1. The summed E-state index contributed by atoms with van der Waals surface area (Å²) in [6, 6.07) is 13.1. The number of aliphatic carboxylic acids is 1. The van der Waals surface area contributed by atoms with E-state index < -0.39 is 21.9 Å². The van der Waals surface area contributed by atoms with Crippen LogP contribution in [0.2, 0.25) is 0 Å². The summed E-state index contributed by atoms with van der Waals surface area (Å²) in [7, 11) is -3.79. The molecule has 1 saturated heterocycles. The molecule has 0 aliphatic carbocycles. The van der Waals surface area contributed by atoms with Crippen LogP contribution >= 0.6 is 0 Å². The number of carbonyl (C=O) groups is 2. The molecule has 1 atom stereocenters. The second-order valence-electron chi connectivity index (χ2n) is 8.17. The third-order valence-corrected chi connectivity index (χ3v) is 6.33. The van der Waals surface area contributed by atoms with Crippen molar-refractivity contribution >= 4 is 33.3 Å². The molecule has 0 bridgehead atoms. The second kappa shape index (κ2) is 7.51. The van der Waals surface area contributed by atoms with Gasteiger partial charge in [0.2, 0.25) is 5.91 Å². The predicted molar refractivity (Wildman–Crippen MR) is 110 cm³/mol. The molecule has 0 radical (unpaired) electrons. The fraction of sp³-hybridized carbons (Fsp3) is 0.333. The molecule has 7 nitrogen and oxygen atoms in total. The van der Waals surface area contributed by atoms with Gasteiger partial charge in [0.15, 0.2) is 0 Å². The Morgan fingerprint density at radius 3 is 2.14 bits per heavy atom. The van der Waals surface area contributed by atoms with E-state index in [0.717, 1.165) is 5.56 Å². The van der Waals surface area contributed by atoms with Crippen molar-refractivity contribution in [1.29, 1.82) is 0 Å². The molecule has 1 heterocycles. The first-order valence-corrected chi connectivity index (χ1v) is 10.7. The quantitative estimate of drug-likeness (QED) is 0.779. The SMILES string of the molecule is CC(C)(C)c1ccc(NS(=O)(=O)c2ccc(N3C[C@H](C(=O)O)CC3=O)cc2)cc1. The number of nitrogens with zero attached hydrogens (tertiary/aromatic N) is 1. The van der Waals surface area contributed by atoms with E-state index in [2.05, 4.69) is 25.5 Å². The fourth-order valence-corrected chi connectivity index (χ4v) is 4.24. The Morgan fingerprint density at radius 1 is 1.07 bits per heavy atom. The number of sulfonamides is 1. The molecule has 0 unspecified atom stereocenters. The van der Waals surface area contributed by atoms with Crippen LogP contribution in [0.1, 0.15) is 32.8 Å². The number of hydrogen-bond acceptors (Lipinski definition) is 4. The van der Waals surface area contributed by atoms with Crippen LogP contribution in [0.4, 0.5) is 11.4 Å². The molecule has 29 heavy (non-hydrogen) atoms. The van der Waals surface area contributed by atoms with Gasteiger partial charge in [-0.25, -0.2) is 8.42 Å². The summed E-state index contributed by atoms with van der Waals surface area (Å²) in [5.41, 5.74) is 2.01. The number of amides is 1. The first kappa shape index (κ1) is 20.9. The monoisotopic (exact) mass is 416 g/mol. The second-order valence-corrected chi connectivity index (χ2v) is 9.85. The highest BCUT2D eigenvalue weighted by Crippen LogP contribution is 2.28. The van der Waals surface area contributed by atoms with Gasteiger partial charge in [-0.15, -0.1) is 0 Å². The third kappa shape index (κ3) is 4.59. The Morgan fingerprint density at radius 2 is 1.66 bits per heavy atom. The van der Waals surface area contributed by atoms with Gasteiger partial charge in [0, 0.05) is 24.3 Å². The Bertz CT molecular complexity index is 1020. The van der Waals surface area contributed by atoms with Crippen LogP contribution in [0.5, 0.6) is 0 Å². The van der Waals surface area contributed by atoms with Gasteiger partial charge in [-0.05, 0) is 47.4 Å². The predicted octanol–water partition coefficient (Wildman–Crippen LogP) is 3.22. The minimum absolute atomic E-state index is 0.0279. The Kier molecular flexibility index (Phi) is 5.40. The molecule has 154 valence electrons. The summed E-state index contributed by atoms with van der Waals surface area (Å²) in [6.07, 6.45) is -0.0541. The molecule has 2 aromatic carbocycles. The average molecular weight is 416 g/mol. The number of hydrogen-bond donors (Lipinski definition) is 2. The molecule has 3 rings (SSSR count). The molecular weight excluding hydrogens is 392 g/mol. The van der Waals surface area contributed by atoms with Gasteiger partial charge in [-0.1, -0.05) is 32.9 Å². The topological polar surface area (TPSA) is 104 Å². The Hall–Kier alpha value is -2.87. The van der Waals surface area contributed by atoms with Crippen molar-refractivity contribution in [3.8, 4) is 0 Å². The highest BCUT2D eigenvalue weighted by Gasteiger charge is 2.35. The lowest BCUT2D eigenvalue weighted by Gasteiger charge is -2.19. The van der Waals surface area contributed by atoms with Gasteiger partial charge in [-0.3, -0.25) is 14.3 Å². The molecule has 0 spiro atoms. The highest BCUT2D eigenvalue weighted by molar-refractivity contribution is 7.92. The van der Waals surface area contributed by atoms with Crippen LogP contribution in [0.25, 0.3) is 0 Å². The van der Waals surface area contributed by atoms with Crippen LogP contribution in [-0.4, -0.2) is 31.9 Å². The van der Waals surface area contributed by atoms with Crippen molar-refractivity contribution < 1.29 is 23.1 Å². The zero-order valence-corrected chi connectivity index (χ0v) is 17.4. The minimum Gasteiger partial charge on any atom is -0.481 e. The van der Waals surface area contributed by atoms with Crippen molar-refractivity contribution in [3.63, 3.8) is 0 Å². The number of carbonyl (C=O) groups excluding carboxylic acids is 1. The van der Waals surface area contributed by atoms with Crippen molar-refractivity contribution in [2.45, 2.75) is 37.5 Å². The van der Waals surface area contributed by atoms with E-state index in [-0.39, 0.29) is 29.2 Å². The zero-order chi connectivity index (χ0) is 21.4. The summed E-state index contributed by atoms with van der Waals surface area (Å²) in [5, 5.41) is 9.08. The smallest absolute Gasteiger partial charge is 0.308 e. The lowest BCUT2D eigenvalue weighted by molar-refractivity contribution is -0.141. The summed E-state index contributed by atoms with van der Waals surface area (Å²) in [5.74, 6) is -2.05. The molecule has 0 saturated carbocycles. The summed E-state index contributed by atoms with van der Waals surface area (Å²) in [6.45, 7) is 6.32. The van der Waals surface area contributed by atoms with Gasteiger partial charge < -0.3 is 10.0 Å². The van der Waals surface area contributed by atoms with Gasteiger partial charge in [-0.2, -0.15) is 0 Å². The zero-order valence-electron chi connectivity index (χ0n) is 16.5. The van der Waals surface area contributed by atoms with Crippen molar-refractivity contribution in [2.24, 2.45) is 5.92 Å². The molecule has 1 aliphatic rings. The summed E-state index contributed by atoms with van der Waals surface area (Å²) in [4.78, 5) is 24.6. The van der Waals surface area contributed by atoms with Crippen molar-refractivity contribution in [1.82, 2.24) is 0 Å². The molecule has 2 aromatic rings. The summed E-state index contributed by atoms with van der Waals surface area (Å²) < 4.78 is 27.9. The fourth-order valence-electron chi connectivity index (χ4n) is 3.18. The van der Waals surface area contributed by atoms with E-state index in [0.29, 0.717) is 11.4 Å². The van der Waals surface area contributed by atoms with Crippen molar-refractivity contribution in [2.75, 3.05) is 16.2 Å². The highest BCUT2D eigenvalue weighted by atomic mass is 32.2. The average Bonchev–Trinajstić information content (AvgIpc) is 3.03. The van der Waals surface area contributed by atoms with E-state index in [1.165, 1.54) is 29.2 Å². The number of carboxylic acids is 1. The van der Waals surface area contributed by atoms with Crippen LogP contribution in [0.15, 0.2) is 53.4 Å². The molecular formula is C21H24N2O5S. The Balaban J connectivity index is 1.75. The van der Waals surface area contributed by atoms with E-state index in [1.807, 2.05) is 12.1 Å². The first-order valence-electron chi connectivity index (χ1n) is 9.24. The lowest BCUT2D eigenvalue weighted by atomic mass is 9.87. The molecule has 1 fully saturated rings. The first-order chi connectivity index (χ1) is 13.5. The van der Waals surface area contributed by atoms with Gasteiger partial charge in [0.05, 0.1) is 10.8 Å². The molecule has 1 aliphatic heterocycles. The van der Waals surface area contributed by atoms with Crippen LogP contribution in [0, 0.1) is 5.92 Å². The van der Waals surface area contributed by atoms with Gasteiger partial charge in [0.25, 0.3) is 10.0 Å². The molecule has 8 heteroatoms. The van der Waals surface area contributed by atoms with E-state index in [1.54, 1.807) is 12.1 Å². The van der Waals surface area contributed by atoms with Crippen LogP contribution < -0.4 is 9.62 Å². The maximum Gasteiger partial charge on any atom is 0.308 e. The van der Waals surface area contributed by atoms with Crippen molar-refractivity contribution in [3.05, 3.63) is 54.1 Å². The van der Waals surface area contributed by atoms with Gasteiger partial charge in [0.1, 0.15) is 0 Å². The van der Waals surface area contributed by atoms with Crippen LogP contribution in [-0.2, 0) is 25.0 Å². The Labute approximate surface area is 170 Å². The number of benzene rings is 2. The van der Waals surface area contributed by atoms with E-state index in [9.17, 15) is 18.0 Å². The van der Waals surface area contributed by atoms with Gasteiger partial charge >= 0.3 is 5.97 Å². The molecule has 1 amide bonds. The number of rotatable bonds is 5. The summed E-state index contributed by atoms with van der Waals surface area (Å²) >= 11 is 0. The lowest BCUT2D eigenvalue weighted by Crippen LogP contribution is -2.25. The van der Waals surface area contributed by atoms with Crippen LogP contribution in [0.3, 0.4) is 0 Å². The molecule has 2 N–H and O–H groups in total. The van der Waals surface area contributed by atoms with E-state index in [4.69, 9.17) is 5.11 Å². The maximum absolute atomic E-state index is 12.7. The largest absolute Gasteiger partial charge is 0.481 e. The normalized spacial score (nSPS) is 17.4. The number of carboxylic acid groups (broad SMARTS) is 1. The standard InChI is InChI=1S/C21H24N2O5S/c1-21(2,3)15-4-6-16(7-5-15)22-29(27,28)18-10-8-17(9-11-18)23-13-14(20(25)26)12-19(23)24/h4-11,14,22H,12-13H2,1-3H3,(H,25,26)/t14-/m1/s1. The maximum atomic E-state index is 12.7. The number of anilines is 2. The molecule has 0 aromatic heterocycles.